The molecule has 2 aromatic carbocycles. The lowest BCUT2D eigenvalue weighted by atomic mass is 10.1. The van der Waals surface area contributed by atoms with Gasteiger partial charge in [-0.15, -0.1) is 0 Å². The van der Waals surface area contributed by atoms with E-state index in [0.717, 1.165) is 16.5 Å². The quantitative estimate of drug-likeness (QED) is 0.482. The first-order valence-corrected chi connectivity index (χ1v) is 6.48. The molecule has 0 unspecified atom stereocenters. The van der Waals surface area contributed by atoms with Gasteiger partial charge in [-0.1, -0.05) is 30.3 Å². The van der Waals surface area contributed by atoms with Gasteiger partial charge in [-0.25, -0.2) is 4.57 Å². The van der Waals surface area contributed by atoms with Crippen LogP contribution in [-0.2, 0) is 7.05 Å². The average Bonchev–Trinajstić information content (AvgIpc) is 2.48. The smallest absolute Gasteiger partial charge is 0.256 e. The van der Waals surface area contributed by atoms with E-state index in [1.165, 1.54) is 0 Å². The predicted molar refractivity (Wildman–Crippen MR) is 79.5 cm³/mol. The molecule has 1 aromatic heterocycles. The molecule has 3 rings (SSSR count). The van der Waals surface area contributed by atoms with Crippen LogP contribution in [0.5, 0.6) is 0 Å². The number of carbonyl (C=O) groups is 1. The number of pyridine rings is 1. The molecule has 1 heterocycles. The number of fused-ring (bicyclic) bond motifs is 1. The Bertz CT molecular complexity index is 769. The van der Waals surface area contributed by atoms with Gasteiger partial charge in [0.15, 0.2) is 12.4 Å². The Morgan fingerprint density at radius 2 is 1.62 bits per heavy atom. The van der Waals surface area contributed by atoms with Gasteiger partial charge >= 0.3 is 0 Å². The van der Waals surface area contributed by atoms with Crippen molar-refractivity contribution in [1.29, 1.82) is 0 Å². The van der Waals surface area contributed by atoms with Gasteiger partial charge in [-0.3, -0.25) is 4.79 Å². The van der Waals surface area contributed by atoms with E-state index in [1.807, 2.05) is 60.4 Å². The molecule has 0 aliphatic heterocycles. The van der Waals surface area contributed by atoms with Gasteiger partial charge < -0.3 is 29.3 Å². The molecular weight excluding hydrogens is 375 g/mol. The summed E-state index contributed by atoms with van der Waals surface area (Å²) in [7, 11) is 1.92. The van der Waals surface area contributed by atoms with E-state index in [4.69, 9.17) is 0 Å². The highest BCUT2D eigenvalue weighted by atomic mass is 127. The Hall–Kier alpha value is -1.95. The Balaban J connectivity index is 0.00000161. The highest BCUT2D eigenvalue weighted by Gasteiger charge is 2.07. The molecule has 21 heavy (non-hydrogen) atoms. The summed E-state index contributed by atoms with van der Waals surface area (Å²) in [6.45, 7) is 0. The second kappa shape index (κ2) is 6.67. The molecule has 0 radical (unpaired) electrons. The van der Waals surface area contributed by atoms with Gasteiger partial charge in [-0.05, 0) is 22.9 Å². The van der Waals surface area contributed by atoms with Crippen molar-refractivity contribution in [2.24, 2.45) is 7.05 Å². The van der Waals surface area contributed by atoms with E-state index in [1.54, 1.807) is 12.1 Å². The van der Waals surface area contributed by atoms with Gasteiger partial charge in [-0.2, -0.15) is 0 Å². The summed E-state index contributed by atoms with van der Waals surface area (Å²) in [5.41, 5.74) is 1.46. The molecule has 4 heteroatoms. The number of aryl methyl sites for hydroxylation is 1. The number of aromatic nitrogens is 1. The first kappa shape index (κ1) is 15.4. The van der Waals surface area contributed by atoms with Crippen LogP contribution in [0.25, 0.3) is 10.8 Å². The van der Waals surface area contributed by atoms with E-state index in [-0.39, 0.29) is 29.9 Å². The zero-order chi connectivity index (χ0) is 13.9. The first-order chi connectivity index (χ1) is 9.72. The number of hydrogen-bond acceptors (Lipinski definition) is 1. The minimum Gasteiger partial charge on any atom is -1.00 e. The van der Waals surface area contributed by atoms with Crippen LogP contribution < -0.4 is 33.9 Å². The van der Waals surface area contributed by atoms with Gasteiger partial charge in [0.1, 0.15) is 7.05 Å². The fourth-order valence-electron chi connectivity index (χ4n) is 2.12. The summed E-state index contributed by atoms with van der Waals surface area (Å²) in [6.07, 6.45) is 3.71. The zero-order valence-electron chi connectivity index (χ0n) is 11.6. The molecule has 0 aliphatic rings. The number of carbonyl (C=O) groups excluding carboxylic acids is 1. The van der Waals surface area contributed by atoms with Crippen LogP contribution in [0.3, 0.4) is 0 Å². The normalized spacial score (nSPS) is 9.95. The molecule has 0 spiro atoms. The van der Waals surface area contributed by atoms with Crippen molar-refractivity contribution in [2.45, 2.75) is 0 Å². The number of nitrogens with zero attached hydrogens (tertiary/aromatic N) is 1. The molecule has 3 aromatic rings. The standard InChI is InChI=1S/C17H14N2O.HI/c1-19-10-8-14(9-11-19)17(20)18-16-7-6-13-4-2-3-5-15(13)12-16;/h2-12H,1H3;1H. The number of amides is 1. The number of rotatable bonds is 2. The third-order valence-electron chi connectivity index (χ3n) is 3.25. The summed E-state index contributed by atoms with van der Waals surface area (Å²) < 4.78 is 1.90. The fraction of sp³-hybridized carbons (Fsp3) is 0.0588. The predicted octanol–water partition coefficient (Wildman–Crippen LogP) is -0.0794. The van der Waals surface area contributed by atoms with Gasteiger partial charge in [0.2, 0.25) is 0 Å². The van der Waals surface area contributed by atoms with Crippen molar-refractivity contribution in [2.75, 3.05) is 5.32 Å². The van der Waals surface area contributed by atoms with Crippen molar-refractivity contribution < 1.29 is 33.3 Å². The van der Waals surface area contributed by atoms with Crippen LogP contribution in [0.1, 0.15) is 10.4 Å². The maximum atomic E-state index is 12.1. The summed E-state index contributed by atoms with van der Waals surface area (Å²) >= 11 is 0. The van der Waals surface area contributed by atoms with Gasteiger partial charge in [0.05, 0.1) is 5.56 Å². The average molecular weight is 390 g/mol. The first-order valence-electron chi connectivity index (χ1n) is 6.48. The number of nitrogens with one attached hydrogen (secondary N) is 1. The van der Waals surface area contributed by atoms with Crippen LogP contribution in [0, 0.1) is 0 Å². The molecule has 3 nitrogen and oxygen atoms in total. The minimum atomic E-state index is -0.0964. The maximum Gasteiger partial charge on any atom is 0.256 e. The second-order valence-corrected chi connectivity index (χ2v) is 4.77. The van der Waals surface area contributed by atoms with Crippen LogP contribution in [-0.4, -0.2) is 5.91 Å². The topological polar surface area (TPSA) is 33.0 Å². The fourth-order valence-corrected chi connectivity index (χ4v) is 2.12. The highest BCUT2D eigenvalue weighted by molar-refractivity contribution is 6.05. The lowest BCUT2D eigenvalue weighted by Crippen LogP contribution is -3.00. The summed E-state index contributed by atoms with van der Waals surface area (Å²) in [5, 5.41) is 5.20. The Labute approximate surface area is 140 Å². The third kappa shape index (κ3) is 3.58. The van der Waals surface area contributed by atoms with E-state index in [9.17, 15) is 4.79 Å². The Kier molecular flexibility index (Phi) is 4.90. The highest BCUT2D eigenvalue weighted by Crippen LogP contribution is 2.19. The monoisotopic (exact) mass is 390 g/mol. The molecule has 0 saturated heterocycles. The molecular formula is C17H15IN2O. The van der Waals surface area contributed by atoms with Crippen molar-refractivity contribution in [3.8, 4) is 0 Å². The van der Waals surface area contributed by atoms with Crippen molar-refractivity contribution in [3.05, 3.63) is 72.6 Å². The molecule has 0 saturated carbocycles. The van der Waals surface area contributed by atoms with E-state index < -0.39 is 0 Å². The molecule has 0 aliphatic carbocycles. The Morgan fingerprint density at radius 3 is 2.33 bits per heavy atom. The zero-order valence-corrected chi connectivity index (χ0v) is 13.7. The second-order valence-electron chi connectivity index (χ2n) is 4.77. The van der Waals surface area contributed by atoms with Crippen LogP contribution in [0.4, 0.5) is 5.69 Å². The number of halogens is 1. The van der Waals surface area contributed by atoms with Gasteiger partial charge in [0, 0.05) is 17.8 Å². The summed E-state index contributed by atoms with van der Waals surface area (Å²) in [4.78, 5) is 12.1. The van der Waals surface area contributed by atoms with Crippen LogP contribution in [0.2, 0.25) is 0 Å². The lowest BCUT2D eigenvalue weighted by Gasteiger charge is -2.06. The van der Waals surface area contributed by atoms with Gasteiger partial charge in [0.25, 0.3) is 5.91 Å². The molecule has 0 fully saturated rings. The largest absolute Gasteiger partial charge is 1.00 e. The minimum absolute atomic E-state index is 0. The van der Waals surface area contributed by atoms with Crippen LogP contribution in [0.15, 0.2) is 67.0 Å². The van der Waals surface area contributed by atoms with E-state index >= 15 is 0 Å². The molecule has 106 valence electrons. The SMILES string of the molecule is C[n+]1ccc(C(=O)Nc2ccc3ccccc3c2)cc1.[I-]. The molecule has 0 bridgehead atoms. The molecule has 0 atom stereocenters. The third-order valence-corrected chi connectivity index (χ3v) is 3.25. The Morgan fingerprint density at radius 1 is 0.952 bits per heavy atom. The number of anilines is 1. The van der Waals surface area contributed by atoms with E-state index in [0.29, 0.717) is 5.56 Å². The van der Waals surface area contributed by atoms with E-state index in [2.05, 4.69) is 11.4 Å². The van der Waals surface area contributed by atoms with Crippen LogP contribution >= 0.6 is 0 Å². The van der Waals surface area contributed by atoms with Crippen molar-refractivity contribution in [3.63, 3.8) is 0 Å². The summed E-state index contributed by atoms with van der Waals surface area (Å²) in [5.74, 6) is -0.0964. The molecule has 1 N–H and O–H groups in total. The number of benzene rings is 2. The molecule has 1 amide bonds. The maximum absolute atomic E-state index is 12.1. The van der Waals surface area contributed by atoms with Crippen molar-refractivity contribution in [1.82, 2.24) is 0 Å². The lowest BCUT2D eigenvalue weighted by molar-refractivity contribution is -0.671. The summed E-state index contributed by atoms with van der Waals surface area (Å²) in [6, 6.07) is 17.6. The van der Waals surface area contributed by atoms with Crippen molar-refractivity contribution >= 4 is 22.4 Å². The number of hydrogen-bond donors (Lipinski definition) is 1.